The summed E-state index contributed by atoms with van der Waals surface area (Å²) in [6.45, 7) is 3.47. The molecule has 0 aliphatic rings. The fraction of sp³-hybridized carbons (Fsp3) is 0.417. The molecule has 0 spiro atoms. The third-order valence-electron chi connectivity index (χ3n) is 2.43. The number of nitrogens with one attached hydrogen (secondary N) is 1. The van der Waals surface area contributed by atoms with Gasteiger partial charge in [0.15, 0.2) is 0 Å². The number of carboxylic acids is 1. The van der Waals surface area contributed by atoms with Gasteiger partial charge in [-0.3, -0.25) is 4.79 Å². The van der Waals surface area contributed by atoms with Gasteiger partial charge in [-0.1, -0.05) is 0 Å². The Morgan fingerprint density at radius 2 is 2.00 bits per heavy atom. The molecule has 0 amide bonds. The molecule has 17 heavy (non-hydrogen) atoms. The molecule has 0 unspecified atom stereocenters. The van der Waals surface area contributed by atoms with Gasteiger partial charge in [0.1, 0.15) is 6.54 Å². The molecule has 0 aliphatic heterocycles. The fourth-order valence-corrected chi connectivity index (χ4v) is 1.56. The van der Waals surface area contributed by atoms with Crippen LogP contribution >= 0.6 is 0 Å². The van der Waals surface area contributed by atoms with E-state index in [9.17, 15) is 4.79 Å². The molecule has 0 fully saturated rings. The zero-order valence-electron chi connectivity index (χ0n) is 9.89. The minimum absolute atomic E-state index is 0.0898. The van der Waals surface area contributed by atoms with E-state index < -0.39 is 5.97 Å². The van der Waals surface area contributed by atoms with Crippen LogP contribution in [0.4, 0.5) is 11.4 Å². The maximum atomic E-state index is 10.4. The lowest BCUT2D eigenvalue weighted by Crippen LogP contribution is -2.26. The van der Waals surface area contributed by atoms with Gasteiger partial charge < -0.3 is 20.4 Å². The number of carbonyl (C=O) groups is 1. The number of rotatable bonds is 7. The molecule has 0 heterocycles. The van der Waals surface area contributed by atoms with Crippen LogP contribution in [-0.2, 0) is 4.79 Å². The summed E-state index contributed by atoms with van der Waals surface area (Å²) in [6.07, 6.45) is 0. The lowest BCUT2D eigenvalue weighted by molar-refractivity contribution is -0.134. The lowest BCUT2D eigenvalue weighted by Gasteiger charge is -2.22. The second-order valence-corrected chi connectivity index (χ2v) is 3.60. The SMILES string of the molecule is CCN(CCO)c1ccc(NCC(=O)O)cc1. The number of hydrogen-bond donors (Lipinski definition) is 3. The molecule has 1 aromatic rings. The largest absolute Gasteiger partial charge is 0.480 e. The average molecular weight is 238 g/mol. The van der Waals surface area contributed by atoms with E-state index >= 15 is 0 Å². The van der Waals surface area contributed by atoms with E-state index in [4.69, 9.17) is 10.2 Å². The van der Waals surface area contributed by atoms with E-state index in [1.165, 1.54) is 0 Å². The molecule has 5 nitrogen and oxygen atoms in total. The summed E-state index contributed by atoms with van der Waals surface area (Å²) in [4.78, 5) is 12.4. The van der Waals surface area contributed by atoms with Crippen LogP contribution < -0.4 is 10.2 Å². The molecule has 0 saturated carbocycles. The zero-order chi connectivity index (χ0) is 12.7. The predicted octanol–water partition coefficient (Wildman–Crippen LogP) is 1.00. The predicted molar refractivity (Wildman–Crippen MR) is 67.5 cm³/mol. The van der Waals surface area contributed by atoms with Crippen LogP contribution in [-0.4, -0.2) is 42.4 Å². The van der Waals surface area contributed by atoms with Gasteiger partial charge in [-0.2, -0.15) is 0 Å². The highest BCUT2D eigenvalue weighted by atomic mass is 16.4. The fourth-order valence-electron chi connectivity index (χ4n) is 1.56. The van der Waals surface area contributed by atoms with Crippen LogP contribution in [0.2, 0.25) is 0 Å². The maximum absolute atomic E-state index is 10.4. The monoisotopic (exact) mass is 238 g/mol. The van der Waals surface area contributed by atoms with E-state index in [0.717, 1.165) is 17.9 Å². The third kappa shape index (κ3) is 4.32. The van der Waals surface area contributed by atoms with Crippen molar-refractivity contribution in [3.05, 3.63) is 24.3 Å². The van der Waals surface area contributed by atoms with Crippen LogP contribution in [0, 0.1) is 0 Å². The Hall–Kier alpha value is -1.75. The first kappa shape index (κ1) is 13.3. The molecule has 5 heteroatoms. The summed E-state index contributed by atoms with van der Waals surface area (Å²) >= 11 is 0. The summed E-state index contributed by atoms with van der Waals surface area (Å²) in [7, 11) is 0. The van der Waals surface area contributed by atoms with Crippen LogP contribution in [0.25, 0.3) is 0 Å². The number of aliphatic carboxylic acids is 1. The van der Waals surface area contributed by atoms with Crippen molar-refractivity contribution in [2.24, 2.45) is 0 Å². The lowest BCUT2D eigenvalue weighted by atomic mass is 10.2. The maximum Gasteiger partial charge on any atom is 0.322 e. The Kier molecular flexibility index (Phi) is 5.29. The topological polar surface area (TPSA) is 72.8 Å². The Morgan fingerprint density at radius 3 is 2.47 bits per heavy atom. The van der Waals surface area contributed by atoms with Gasteiger partial charge in [0, 0.05) is 24.5 Å². The first-order chi connectivity index (χ1) is 8.17. The van der Waals surface area contributed by atoms with Gasteiger partial charge in [-0.05, 0) is 31.2 Å². The van der Waals surface area contributed by atoms with Gasteiger partial charge in [-0.25, -0.2) is 0 Å². The van der Waals surface area contributed by atoms with E-state index in [-0.39, 0.29) is 13.2 Å². The molecule has 0 aliphatic carbocycles. The number of aliphatic hydroxyl groups is 1. The standard InChI is InChI=1S/C12H18N2O3/c1-2-14(7-8-15)11-5-3-10(4-6-11)13-9-12(16)17/h3-6,13,15H,2,7-9H2,1H3,(H,16,17). The van der Waals surface area contributed by atoms with E-state index in [1.807, 2.05) is 36.1 Å². The number of anilines is 2. The van der Waals surface area contributed by atoms with Gasteiger partial charge in [0.25, 0.3) is 0 Å². The van der Waals surface area contributed by atoms with Crippen molar-refractivity contribution in [2.75, 3.05) is 36.5 Å². The smallest absolute Gasteiger partial charge is 0.322 e. The summed E-state index contributed by atoms with van der Waals surface area (Å²) in [5.41, 5.74) is 1.79. The molecule has 0 aromatic heterocycles. The van der Waals surface area contributed by atoms with Crippen LogP contribution in [0.15, 0.2) is 24.3 Å². The molecule has 1 rings (SSSR count). The number of benzene rings is 1. The highest BCUT2D eigenvalue weighted by molar-refractivity contribution is 5.73. The minimum Gasteiger partial charge on any atom is -0.480 e. The number of aliphatic hydroxyl groups excluding tert-OH is 1. The van der Waals surface area contributed by atoms with E-state index in [2.05, 4.69) is 5.32 Å². The molecule has 94 valence electrons. The normalized spacial score (nSPS) is 10.0. The summed E-state index contributed by atoms with van der Waals surface area (Å²) < 4.78 is 0. The third-order valence-corrected chi connectivity index (χ3v) is 2.43. The van der Waals surface area contributed by atoms with Gasteiger partial charge in [-0.15, -0.1) is 0 Å². The zero-order valence-corrected chi connectivity index (χ0v) is 9.89. The molecule has 0 saturated heterocycles. The molecular weight excluding hydrogens is 220 g/mol. The Morgan fingerprint density at radius 1 is 1.35 bits per heavy atom. The molecule has 0 radical (unpaired) electrons. The molecule has 0 atom stereocenters. The number of hydrogen-bond acceptors (Lipinski definition) is 4. The summed E-state index contributed by atoms with van der Waals surface area (Å²) in [5, 5.41) is 20.2. The van der Waals surface area contributed by atoms with Gasteiger partial charge in [0.2, 0.25) is 0 Å². The second-order valence-electron chi connectivity index (χ2n) is 3.60. The van der Waals surface area contributed by atoms with Crippen molar-refractivity contribution in [2.45, 2.75) is 6.92 Å². The summed E-state index contributed by atoms with van der Waals surface area (Å²) in [5.74, 6) is -0.885. The van der Waals surface area contributed by atoms with Crippen molar-refractivity contribution in [1.82, 2.24) is 0 Å². The van der Waals surface area contributed by atoms with E-state index in [0.29, 0.717) is 6.54 Å². The van der Waals surface area contributed by atoms with Crippen LogP contribution in [0.3, 0.4) is 0 Å². The number of likely N-dealkylation sites (N-methyl/N-ethyl adjacent to an activating group) is 1. The first-order valence-corrected chi connectivity index (χ1v) is 5.59. The van der Waals surface area contributed by atoms with E-state index in [1.54, 1.807) is 0 Å². The number of carboxylic acid groups (broad SMARTS) is 1. The van der Waals surface area contributed by atoms with Crippen LogP contribution in [0.1, 0.15) is 6.92 Å². The Labute approximate surface area is 101 Å². The Balaban J connectivity index is 2.62. The van der Waals surface area contributed by atoms with Gasteiger partial charge >= 0.3 is 5.97 Å². The quantitative estimate of drug-likeness (QED) is 0.661. The van der Waals surface area contributed by atoms with Crippen molar-refractivity contribution in [3.8, 4) is 0 Å². The molecule has 3 N–H and O–H groups in total. The number of nitrogens with zero attached hydrogens (tertiary/aromatic N) is 1. The van der Waals surface area contributed by atoms with Gasteiger partial charge in [0.05, 0.1) is 6.61 Å². The minimum atomic E-state index is -0.885. The van der Waals surface area contributed by atoms with Crippen molar-refractivity contribution in [1.29, 1.82) is 0 Å². The Bertz CT molecular complexity index is 351. The molecular formula is C12H18N2O3. The van der Waals surface area contributed by atoms with Crippen LogP contribution in [0.5, 0.6) is 0 Å². The van der Waals surface area contributed by atoms with Crippen molar-refractivity contribution >= 4 is 17.3 Å². The summed E-state index contributed by atoms with van der Waals surface area (Å²) in [6, 6.07) is 7.48. The van der Waals surface area contributed by atoms with Crippen molar-refractivity contribution in [3.63, 3.8) is 0 Å². The molecule has 0 bridgehead atoms. The molecule has 1 aromatic carbocycles. The highest BCUT2D eigenvalue weighted by Crippen LogP contribution is 2.17. The average Bonchev–Trinajstić information content (AvgIpc) is 2.34. The second kappa shape index (κ2) is 6.75. The van der Waals surface area contributed by atoms with Crippen molar-refractivity contribution < 1.29 is 15.0 Å². The highest BCUT2D eigenvalue weighted by Gasteiger charge is 2.03. The first-order valence-electron chi connectivity index (χ1n) is 5.59.